The van der Waals surface area contributed by atoms with Crippen LogP contribution in [0, 0.1) is 5.82 Å². The molecule has 0 aliphatic heterocycles. The van der Waals surface area contributed by atoms with Gasteiger partial charge < -0.3 is 10.4 Å². The van der Waals surface area contributed by atoms with Crippen molar-refractivity contribution in [1.29, 1.82) is 0 Å². The van der Waals surface area contributed by atoms with Crippen LogP contribution in [0.1, 0.15) is 10.4 Å². The molecule has 2 N–H and O–H groups in total. The van der Waals surface area contributed by atoms with Gasteiger partial charge in [-0.15, -0.1) is 0 Å². The van der Waals surface area contributed by atoms with Gasteiger partial charge in [-0.05, 0) is 12.1 Å². The van der Waals surface area contributed by atoms with Crippen molar-refractivity contribution in [3.8, 4) is 5.75 Å². The summed E-state index contributed by atoms with van der Waals surface area (Å²) in [5.74, 6) is -1.53. The number of aromatic nitrogens is 2. The molecule has 1 amide bonds. The van der Waals surface area contributed by atoms with Crippen LogP contribution in [0.15, 0.2) is 30.6 Å². The molecule has 0 spiro atoms. The molecule has 1 aromatic carbocycles. The van der Waals surface area contributed by atoms with Crippen LogP contribution in [-0.4, -0.2) is 21.0 Å². The van der Waals surface area contributed by atoms with E-state index in [-0.39, 0.29) is 16.5 Å². The number of phenolic OH excluding ortho intramolecular Hbond substituents is 1. The van der Waals surface area contributed by atoms with Gasteiger partial charge in [0.25, 0.3) is 5.91 Å². The van der Waals surface area contributed by atoms with E-state index in [1.165, 1.54) is 18.5 Å². The molecule has 0 unspecified atom stereocenters. The number of hydrogen-bond donors (Lipinski definition) is 2. The second-order valence-electron chi connectivity index (χ2n) is 3.34. The molecule has 0 saturated carbocycles. The molecule has 2 rings (SSSR count). The first kappa shape index (κ1) is 12.3. The number of phenols is 1. The van der Waals surface area contributed by atoms with Crippen molar-refractivity contribution in [2.24, 2.45) is 0 Å². The molecular weight excluding hydrogens is 261 g/mol. The van der Waals surface area contributed by atoms with Gasteiger partial charge in [0.05, 0.1) is 18.0 Å². The van der Waals surface area contributed by atoms with Gasteiger partial charge in [0, 0.05) is 6.07 Å². The Kier molecular flexibility index (Phi) is 3.38. The van der Waals surface area contributed by atoms with E-state index in [0.29, 0.717) is 0 Å². The highest BCUT2D eigenvalue weighted by atomic mass is 35.5. The van der Waals surface area contributed by atoms with E-state index in [1.807, 2.05) is 0 Å². The third-order valence-corrected chi connectivity index (χ3v) is 2.26. The van der Waals surface area contributed by atoms with Crippen LogP contribution < -0.4 is 5.32 Å². The second kappa shape index (κ2) is 4.97. The van der Waals surface area contributed by atoms with Gasteiger partial charge >= 0.3 is 0 Å². The zero-order chi connectivity index (χ0) is 13.1. The van der Waals surface area contributed by atoms with Crippen molar-refractivity contribution in [3.05, 3.63) is 47.1 Å². The van der Waals surface area contributed by atoms with E-state index in [4.69, 9.17) is 11.6 Å². The van der Waals surface area contributed by atoms with E-state index in [0.717, 1.165) is 12.1 Å². The van der Waals surface area contributed by atoms with Crippen LogP contribution in [0.5, 0.6) is 5.75 Å². The van der Waals surface area contributed by atoms with Crippen LogP contribution >= 0.6 is 11.6 Å². The predicted octanol–water partition coefficient (Wildman–Crippen LogP) is 2.23. The van der Waals surface area contributed by atoms with Crippen LogP contribution in [-0.2, 0) is 0 Å². The lowest BCUT2D eigenvalue weighted by Gasteiger charge is -2.05. The fraction of sp³-hybridized carbons (Fsp3) is 0. The number of aromatic hydroxyl groups is 1. The molecule has 7 heteroatoms. The second-order valence-corrected chi connectivity index (χ2v) is 3.73. The Balaban J connectivity index is 2.19. The minimum Gasteiger partial charge on any atom is -0.507 e. The minimum atomic E-state index is -0.629. The summed E-state index contributed by atoms with van der Waals surface area (Å²) in [6, 6.07) is 3.09. The molecule has 1 heterocycles. The van der Waals surface area contributed by atoms with Crippen LogP contribution in [0.4, 0.5) is 10.2 Å². The molecule has 0 atom stereocenters. The van der Waals surface area contributed by atoms with E-state index >= 15 is 0 Å². The monoisotopic (exact) mass is 267 g/mol. The smallest absolute Gasteiger partial charge is 0.260 e. The Morgan fingerprint density at radius 2 is 2.11 bits per heavy atom. The summed E-state index contributed by atoms with van der Waals surface area (Å²) < 4.78 is 12.8. The largest absolute Gasteiger partial charge is 0.507 e. The fourth-order valence-corrected chi connectivity index (χ4v) is 1.35. The molecule has 1 aromatic heterocycles. The molecule has 5 nitrogen and oxygen atoms in total. The van der Waals surface area contributed by atoms with Crippen molar-refractivity contribution < 1.29 is 14.3 Å². The van der Waals surface area contributed by atoms with Crippen LogP contribution in [0.3, 0.4) is 0 Å². The molecule has 0 saturated heterocycles. The van der Waals surface area contributed by atoms with Crippen LogP contribution in [0.25, 0.3) is 0 Å². The molecule has 0 fully saturated rings. The highest BCUT2D eigenvalue weighted by molar-refractivity contribution is 6.29. The van der Waals surface area contributed by atoms with Crippen LogP contribution in [0.2, 0.25) is 5.15 Å². The SMILES string of the molecule is O=C(Nc1cnc(Cl)cn1)c1ccc(F)cc1O. The maximum absolute atomic E-state index is 12.8. The lowest BCUT2D eigenvalue weighted by Crippen LogP contribution is -2.13. The van der Waals surface area contributed by atoms with Crippen molar-refractivity contribution in [2.75, 3.05) is 5.32 Å². The zero-order valence-corrected chi connectivity index (χ0v) is 9.65. The summed E-state index contributed by atoms with van der Waals surface area (Å²) in [6.07, 6.45) is 2.53. The molecule has 0 radical (unpaired) electrons. The van der Waals surface area contributed by atoms with E-state index < -0.39 is 17.5 Å². The maximum Gasteiger partial charge on any atom is 0.260 e. The van der Waals surface area contributed by atoms with Crippen molar-refractivity contribution in [3.63, 3.8) is 0 Å². The lowest BCUT2D eigenvalue weighted by atomic mass is 10.2. The predicted molar refractivity (Wildman–Crippen MR) is 63.1 cm³/mol. The van der Waals surface area contributed by atoms with E-state index in [2.05, 4.69) is 15.3 Å². The molecule has 0 bridgehead atoms. The highest BCUT2D eigenvalue weighted by Crippen LogP contribution is 2.19. The average molecular weight is 268 g/mol. The number of anilines is 1. The first-order valence-corrected chi connectivity index (χ1v) is 5.21. The Morgan fingerprint density at radius 3 is 2.72 bits per heavy atom. The third kappa shape index (κ3) is 2.72. The van der Waals surface area contributed by atoms with Gasteiger partial charge in [-0.3, -0.25) is 4.79 Å². The number of nitrogens with one attached hydrogen (secondary N) is 1. The topological polar surface area (TPSA) is 75.1 Å². The number of carbonyl (C=O) groups is 1. The molecule has 0 aliphatic carbocycles. The minimum absolute atomic E-state index is 0.0619. The molecule has 92 valence electrons. The van der Waals surface area contributed by atoms with E-state index in [9.17, 15) is 14.3 Å². The number of amides is 1. The number of rotatable bonds is 2. The summed E-state index contributed by atoms with van der Waals surface area (Å²) in [6.45, 7) is 0. The molecule has 0 aliphatic rings. The number of carbonyl (C=O) groups excluding carboxylic acids is 1. The number of hydrogen-bond acceptors (Lipinski definition) is 4. The van der Waals surface area contributed by atoms with Gasteiger partial charge in [-0.1, -0.05) is 11.6 Å². The maximum atomic E-state index is 12.8. The summed E-state index contributed by atoms with van der Waals surface area (Å²) >= 11 is 5.54. The lowest BCUT2D eigenvalue weighted by molar-refractivity contribution is 0.102. The Hall–Kier alpha value is -2.21. The number of benzene rings is 1. The first-order chi connectivity index (χ1) is 8.56. The van der Waals surface area contributed by atoms with Crippen molar-refractivity contribution >= 4 is 23.3 Å². The summed E-state index contributed by atoms with van der Waals surface area (Å²) in [5.41, 5.74) is -0.0619. The fourth-order valence-electron chi connectivity index (χ4n) is 1.26. The number of nitrogens with zero attached hydrogens (tertiary/aromatic N) is 2. The van der Waals surface area contributed by atoms with Gasteiger partial charge in [0.2, 0.25) is 0 Å². The molecular formula is C11H7ClFN3O2. The highest BCUT2D eigenvalue weighted by Gasteiger charge is 2.12. The van der Waals surface area contributed by atoms with Gasteiger partial charge in [0.1, 0.15) is 16.7 Å². The number of halogens is 2. The van der Waals surface area contributed by atoms with Gasteiger partial charge in [-0.25, -0.2) is 14.4 Å². The summed E-state index contributed by atoms with van der Waals surface area (Å²) in [4.78, 5) is 19.3. The Labute approximate surface area is 106 Å². The van der Waals surface area contributed by atoms with Crippen molar-refractivity contribution in [2.45, 2.75) is 0 Å². The van der Waals surface area contributed by atoms with Gasteiger partial charge in [0.15, 0.2) is 5.82 Å². The van der Waals surface area contributed by atoms with E-state index in [1.54, 1.807) is 0 Å². The average Bonchev–Trinajstić information content (AvgIpc) is 2.32. The standard InChI is InChI=1S/C11H7ClFN3O2/c12-9-4-15-10(5-14-9)16-11(18)7-2-1-6(13)3-8(7)17/h1-5,17H,(H,15,16,18). The first-order valence-electron chi connectivity index (χ1n) is 4.83. The zero-order valence-electron chi connectivity index (χ0n) is 8.89. The van der Waals surface area contributed by atoms with Crippen molar-refractivity contribution in [1.82, 2.24) is 9.97 Å². The quantitative estimate of drug-likeness (QED) is 0.875. The van der Waals surface area contributed by atoms with Gasteiger partial charge in [-0.2, -0.15) is 0 Å². The molecule has 18 heavy (non-hydrogen) atoms. The molecule has 2 aromatic rings. The normalized spacial score (nSPS) is 10.1. The third-order valence-electron chi connectivity index (χ3n) is 2.07. The Morgan fingerprint density at radius 1 is 1.33 bits per heavy atom. The Bertz CT molecular complexity index is 589. The summed E-state index contributed by atoms with van der Waals surface area (Å²) in [5, 5.41) is 12.0. The summed E-state index contributed by atoms with van der Waals surface area (Å²) in [7, 11) is 0.